The number of ether oxygens (including phenoxy) is 1. The average Bonchev–Trinajstić information content (AvgIpc) is 2.70. The highest BCUT2D eigenvalue weighted by Gasteiger charge is 2.04. The molecule has 0 bridgehead atoms. The van der Waals surface area contributed by atoms with Crippen molar-refractivity contribution < 1.29 is 4.74 Å². The predicted octanol–water partition coefficient (Wildman–Crippen LogP) is 6.55. The molecule has 0 saturated heterocycles. The van der Waals surface area contributed by atoms with Gasteiger partial charge >= 0.3 is 0 Å². The fraction of sp³-hybridized carbons (Fsp3) is 0.0455. The van der Waals surface area contributed by atoms with Crippen molar-refractivity contribution in [3.8, 4) is 11.8 Å². The molecule has 0 radical (unpaired) electrons. The highest BCUT2D eigenvalue weighted by atomic mass is 35.5. The van der Waals surface area contributed by atoms with Crippen LogP contribution in [0.25, 0.3) is 6.08 Å². The number of nitrogens with one attached hydrogen (secondary N) is 1. The molecule has 0 amide bonds. The SMILES string of the molecule is N#CC(=Cc1ccc(OCc2ccccc2)cc1)Nc1cc(Cl)ccc1Cl. The van der Waals surface area contributed by atoms with Crippen molar-refractivity contribution in [3.05, 3.63) is 99.7 Å². The highest BCUT2D eigenvalue weighted by molar-refractivity contribution is 6.35. The molecule has 27 heavy (non-hydrogen) atoms. The van der Waals surface area contributed by atoms with Gasteiger partial charge in [0.2, 0.25) is 0 Å². The lowest BCUT2D eigenvalue weighted by Crippen LogP contribution is -1.98. The second-order valence-electron chi connectivity index (χ2n) is 5.76. The van der Waals surface area contributed by atoms with Gasteiger partial charge in [-0.25, -0.2) is 0 Å². The standard InChI is InChI=1S/C22H16Cl2N2O/c23-18-8-11-21(24)22(13-18)26-19(14-25)12-16-6-9-20(10-7-16)27-15-17-4-2-1-3-5-17/h1-13,26H,15H2. The van der Waals surface area contributed by atoms with Crippen molar-refractivity contribution in [2.24, 2.45) is 0 Å². The molecule has 5 heteroatoms. The fourth-order valence-electron chi connectivity index (χ4n) is 2.40. The molecule has 0 aliphatic heterocycles. The molecule has 0 aliphatic rings. The Hall–Kier alpha value is -2.93. The Morgan fingerprint density at radius 2 is 1.74 bits per heavy atom. The number of nitriles is 1. The summed E-state index contributed by atoms with van der Waals surface area (Å²) in [5, 5.41) is 13.4. The lowest BCUT2D eigenvalue weighted by atomic mass is 10.2. The minimum atomic E-state index is 0.358. The largest absolute Gasteiger partial charge is 0.489 e. The number of nitrogens with zero attached hydrogens (tertiary/aromatic N) is 1. The Kier molecular flexibility index (Phi) is 6.38. The summed E-state index contributed by atoms with van der Waals surface area (Å²) in [5.74, 6) is 0.764. The van der Waals surface area contributed by atoms with Gasteiger partial charge in [-0.05, 0) is 47.5 Å². The van der Waals surface area contributed by atoms with Gasteiger partial charge in [-0.15, -0.1) is 0 Å². The zero-order valence-corrected chi connectivity index (χ0v) is 15.8. The second kappa shape index (κ2) is 9.14. The number of hydrogen-bond donors (Lipinski definition) is 1. The van der Waals surface area contributed by atoms with Crippen molar-refractivity contribution in [1.29, 1.82) is 5.26 Å². The molecule has 3 aromatic rings. The van der Waals surface area contributed by atoms with Crippen LogP contribution in [0.5, 0.6) is 5.75 Å². The maximum Gasteiger partial charge on any atom is 0.119 e. The molecule has 0 unspecified atom stereocenters. The lowest BCUT2D eigenvalue weighted by molar-refractivity contribution is 0.306. The normalized spacial score (nSPS) is 10.9. The van der Waals surface area contributed by atoms with E-state index in [9.17, 15) is 5.26 Å². The van der Waals surface area contributed by atoms with E-state index in [-0.39, 0.29) is 0 Å². The average molecular weight is 395 g/mol. The zero-order chi connectivity index (χ0) is 19.1. The van der Waals surface area contributed by atoms with Gasteiger partial charge in [0, 0.05) is 5.02 Å². The molecular weight excluding hydrogens is 379 g/mol. The Bertz CT molecular complexity index is 977. The number of rotatable bonds is 6. The second-order valence-corrected chi connectivity index (χ2v) is 6.61. The summed E-state index contributed by atoms with van der Waals surface area (Å²) in [4.78, 5) is 0. The van der Waals surface area contributed by atoms with Crippen LogP contribution in [0.3, 0.4) is 0 Å². The van der Waals surface area contributed by atoms with E-state index in [0.29, 0.717) is 28.0 Å². The molecule has 3 nitrogen and oxygen atoms in total. The molecule has 134 valence electrons. The molecule has 0 aliphatic carbocycles. The molecule has 0 saturated carbocycles. The minimum Gasteiger partial charge on any atom is -0.489 e. The summed E-state index contributed by atoms with van der Waals surface area (Å²) in [6.45, 7) is 0.508. The first-order valence-electron chi connectivity index (χ1n) is 8.25. The summed E-state index contributed by atoms with van der Waals surface area (Å²) in [6.07, 6.45) is 1.73. The first-order valence-corrected chi connectivity index (χ1v) is 9.00. The monoisotopic (exact) mass is 394 g/mol. The fourth-order valence-corrected chi connectivity index (χ4v) is 2.74. The van der Waals surface area contributed by atoms with Gasteiger partial charge in [0.15, 0.2) is 0 Å². The molecule has 0 fully saturated rings. The van der Waals surface area contributed by atoms with Gasteiger partial charge in [-0.3, -0.25) is 0 Å². The van der Waals surface area contributed by atoms with Crippen LogP contribution in [-0.2, 0) is 6.61 Å². The molecule has 0 spiro atoms. The Morgan fingerprint density at radius 1 is 1.00 bits per heavy atom. The van der Waals surface area contributed by atoms with Crippen LogP contribution in [-0.4, -0.2) is 0 Å². The van der Waals surface area contributed by atoms with Gasteiger partial charge in [0.25, 0.3) is 0 Å². The molecule has 3 rings (SSSR count). The highest BCUT2D eigenvalue weighted by Crippen LogP contribution is 2.27. The van der Waals surface area contributed by atoms with E-state index < -0.39 is 0 Å². The van der Waals surface area contributed by atoms with Crippen LogP contribution in [0.1, 0.15) is 11.1 Å². The minimum absolute atomic E-state index is 0.358. The smallest absolute Gasteiger partial charge is 0.119 e. The van der Waals surface area contributed by atoms with Crippen LogP contribution in [0.2, 0.25) is 10.0 Å². The van der Waals surface area contributed by atoms with E-state index in [4.69, 9.17) is 27.9 Å². The van der Waals surface area contributed by atoms with Crippen LogP contribution in [0.15, 0.2) is 78.5 Å². The van der Waals surface area contributed by atoms with E-state index in [1.165, 1.54) is 0 Å². The van der Waals surface area contributed by atoms with Crippen molar-refractivity contribution in [1.82, 2.24) is 0 Å². The van der Waals surface area contributed by atoms with Crippen molar-refractivity contribution in [2.75, 3.05) is 5.32 Å². The van der Waals surface area contributed by atoms with Gasteiger partial charge in [0.1, 0.15) is 24.1 Å². The molecule has 0 atom stereocenters. The first kappa shape index (κ1) is 18.8. The summed E-state index contributed by atoms with van der Waals surface area (Å²) in [6, 6.07) is 24.7. The Balaban J connectivity index is 1.68. The number of hydrogen-bond acceptors (Lipinski definition) is 3. The quantitative estimate of drug-likeness (QED) is 0.482. The third-order valence-electron chi connectivity index (χ3n) is 3.76. The Labute approximate surface area is 168 Å². The van der Waals surface area contributed by atoms with Gasteiger partial charge < -0.3 is 10.1 Å². The van der Waals surface area contributed by atoms with E-state index >= 15 is 0 Å². The molecular formula is C22H16Cl2N2O. The van der Waals surface area contributed by atoms with Crippen LogP contribution in [0.4, 0.5) is 5.69 Å². The van der Waals surface area contributed by atoms with Crippen molar-refractivity contribution >= 4 is 35.0 Å². The van der Waals surface area contributed by atoms with Gasteiger partial charge in [-0.1, -0.05) is 65.7 Å². The van der Waals surface area contributed by atoms with Gasteiger partial charge in [0.05, 0.1) is 10.7 Å². The summed E-state index contributed by atoms with van der Waals surface area (Å²) >= 11 is 12.1. The molecule has 0 aromatic heterocycles. The van der Waals surface area contributed by atoms with Crippen LogP contribution < -0.4 is 10.1 Å². The zero-order valence-electron chi connectivity index (χ0n) is 14.3. The maximum atomic E-state index is 9.39. The lowest BCUT2D eigenvalue weighted by Gasteiger charge is -2.08. The van der Waals surface area contributed by atoms with Crippen molar-refractivity contribution in [3.63, 3.8) is 0 Å². The molecule has 3 aromatic carbocycles. The van der Waals surface area contributed by atoms with E-state index in [2.05, 4.69) is 11.4 Å². The van der Waals surface area contributed by atoms with E-state index in [0.717, 1.165) is 16.9 Å². The van der Waals surface area contributed by atoms with Crippen molar-refractivity contribution in [2.45, 2.75) is 6.61 Å². The summed E-state index contributed by atoms with van der Waals surface area (Å²) in [7, 11) is 0. The van der Waals surface area contributed by atoms with Gasteiger partial charge in [-0.2, -0.15) is 5.26 Å². The van der Waals surface area contributed by atoms with E-state index in [1.807, 2.05) is 54.6 Å². The summed E-state index contributed by atoms with van der Waals surface area (Å²) in [5.41, 5.74) is 2.91. The topological polar surface area (TPSA) is 45.0 Å². The van der Waals surface area contributed by atoms with Crippen LogP contribution >= 0.6 is 23.2 Å². The van der Waals surface area contributed by atoms with E-state index in [1.54, 1.807) is 24.3 Å². The Morgan fingerprint density at radius 3 is 2.44 bits per heavy atom. The molecule has 0 heterocycles. The predicted molar refractivity (Wildman–Crippen MR) is 111 cm³/mol. The molecule has 1 N–H and O–H groups in total. The third-order valence-corrected chi connectivity index (χ3v) is 4.32. The maximum absolute atomic E-state index is 9.39. The number of anilines is 1. The number of allylic oxidation sites excluding steroid dienone is 1. The summed E-state index contributed by atoms with van der Waals surface area (Å²) < 4.78 is 5.77. The third kappa shape index (κ3) is 5.52. The first-order chi connectivity index (χ1) is 13.1. The number of benzene rings is 3. The van der Waals surface area contributed by atoms with Crippen LogP contribution in [0, 0.1) is 11.3 Å². The number of halogens is 2.